The standard InChI is InChI=1S/C13H16N2Si/c1-16(2,3)13-7-9-14-10-11(13)12-6-4-5-8-15-12/h4-10H,1-3H3. The van der Waals surface area contributed by atoms with Gasteiger partial charge in [0.05, 0.1) is 13.8 Å². The van der Waals surface area contributed by atoms with Gasteiger partial charge in [0.25, 0.3) is 0 Å². The summed E-state index contributed by atoms with van der Waals surface area (Å²) >= 11 is 0. The molecule has 0 unspecified atom stereocenters. The van der Waals surface area contributed by atoms with Crippen LogP contribution < -0.4 is 5.19 Å². The first-order valence-corrected chi connectivity index (χ1v) is 8.95. The van der Waals surface area contributed by atoms with Crippen LogP contribution in [-0.4, -0.2) is 18.0 Å². The van der Waals surface area contributed by atoms with Gasteiger partial charge >= 0.3 is 0 Å². The lowest BCUT2D eigenvalue weighted by molar-refractivity contribution is 1.28. The molecule has 16 heavy (non-hydrogen) atoms. The molecule has 0 aliphatic rings. The molecule has 0 N–H and O–H groups in total. The average molecular weight is 228 g/mol. The first-order valence-electron chi connectivity index (χ1n) is 5.45. The molecule has 2 aromatic rings. The van der Waals surface area contributed by atoms with Crippen LogP contribution >= 0.6 is 0 Å². The van der Waals surface area contributed by atoms with Gasteiger partial charge < -0.3 is 0 Å². The third-order valence-corrected chi connectivity index (χ3v) is 4.62. The van der Waals surface area contributed by atoms with E-state index in [2.05, 4.69) is 35.7 Å². The zero-order valence-corrected chi connectivity index (χ0v) is 10.9. The molecule has 0 atom stereocenters. The number of pyridine rings is 2. The van der Waals surface area contributed by atoms with Crippen molar-refractivity contribution in [2.75, 3.05) is 0 Å². The van der Waals surface area contributed by atoms with Gasteiger partial charge in [0.15, 0.2) is 0 Å². The predicted octanol–water partition coefficient (Wildman–Crippen LogP) is 2.69. The molecule has 0 bridgehead atoms. The van der Waals surface area contributed by atoms with Crippen molar-refractivity contribution < 1.29 is 0 Å². The second kappa shape index (κ2) is 4.18. The van der Waals surface area contributed by atoms with Crippen molar-refractivity contribution in [2.45, 2.75) is 19.6 Å². The van der Waals surface area contributed by atoms with Gasteiger partial charge in [-0.05, 0) is 23.4 Å². The van der Waals surface area contributed by atoms with Gasteiger partial charge in [0, 0.05) is 24.2 Å². The number of rotatable bonds is 2. The second-order valence-corrected chi connectivity index (χ2v) is 9.92. The number of hydrogen-bond donors (Lipinski definition) is 0. The summed E-state index contributed by atoms with van der Waals surface area (Å²) in [6.45, 7) is 7.03. The molecule has 0 amide bonds. The molecule has 0 aromatic carbocycles. The molecule has 0 spiro atoms. The van der Waals surface area contributed by atoms with E-state index < -0.39 is 8.07 Å². The molecule has 0 fully saturated rings. The fourth-order valence-electron chi connectivity index (χ4n) is 1.77. The Morgan fingerprint density at radius 1 is 1.00 bits per heavy atom. The van der Waals surface area contributed by atoms with Crippen LogP contribution in [0.15, 0.2) is 42.9 Å². The first kappa shape index (κ1) is 11.0. The summed E-state index contributed by atoms with van der Waals surface area (Å²) in [7, 11) is -1.34. The molecule has 2 nitrogen and oxygen atoms in total. The Bertz CT molecular complexity index is 475. The van der Waals surface area contributed by atoms with Crippen LogP contribution in [0.1, 0.15) is 0 Å². The van der Waals surface area contributed by atoms with E-state index in [0.717, 1.165) is 5.69 Å². The molecular weight excluding hydrogens is 212 g/mol. The van der Waals surface area contributed by atoms with E-state index in [9.17, 15) is 0 Å². The minimum atomic E-state index is -1.34. The third-order valence-electron chi connectivity index (χ3n) is 2.57. The summed E-state index contributed by atoms with van der Waals surface area (Å²) in [5.74, 6) is 0. The minimum absolute atomic E-state index is 1.02. The summed E-state index contributed by atoms with van der Waals surface area (Å²) in [4.78, 5) is 8.62. The van der Waals surface area contributed by atoms with Crippen LogP contribution in [0.2, 0.25) is 19.6 Å². The van der Waals surface area contributed by atoms with E-state index in [0.29, 0.717) is 0 Å². The van der Waals surface area contributed by atoms with Crippen molar-refractivity contribution in [3.05, 3.63) is 42.9 Å². The Morgan fingerprint density at radius 2 is 1.81 bits per heavy atom. The Hall–Kier alpha value is -1.48. The molecule has 2 rings (SSSR count). The lowest BCUT2D eigenvalue weighted by Crippen LogP contribution is -2.39. The van der Waals surface area contributed by atoms with Gasteiger partial charge in [-0.1, -0.05) is 25.7 Å². The highest BCUT2D eigenvalue weighted by atomic mass is 28.3. The molecule has 2 aromatic heterocycles. The SMILES string of the molecule is C[Si](C)(C)c1ccncc1-c1ccccn1. The summed E-state index contributed by atoms with van der Waals surface area (Å²) in [6.07, 6.45) is 5.63. The van der Waals surface area contributed by atoms with E-state index in [1.165, 1.54) is 10.8 Å². The summed E-state index contributed by atoms with van der Waals surface area (Å²) in [6, 6.07) is 8.13. The maximum atomic E-state index is 4.41. The Labute approximate surface area is 97.4 Å². The zero-order chi connectivity index (χ0) is 11.6. The van der Waals surface area contributed by atoms with Gasteiger partial charge in [-0.3, -0.25) is 9.97 Å². The van der Waals surface area contributed by atoms with E-state index >= 15 is 0 Å². The molecule has 0 aliphatic heterocycles. The molecule has 82 valence electrons. The maximum absolute atomic E-state index is 4.41. The third kappa shape index (κ3) is 2.19. The predicted molar refractivity (Wildman–Crippen MR) is 70.4 cm³/mol. The van der Waals surface area contributed by atoms with Crippen LogP contribution in [-0.2, 0) is 0 Å². The first-order chi connectivity index (χ1) is 7.59. The topological polar surface area (TPSA) is 25.8 Å². The van der Waals surface area contributed by atoms with Gasteiger partial charge in [0.1, 0.15) is 0 Å². The molecule has 2 heterocycles. The van der Waals surface area contributed by atoms with Crippen LogP contribution in [0, 0.1) is 0 Å². The largest absolute Gasteiger partial charge is 0.264 e. The lowest BCUT2D eigenvalue weighted by atomic mass is 10.2. The molecule has 0 saturated carbocycles. The second-order valence-electron chi connectivity index (χ2n) is 4.89. The highest BCUT2D eigenvalue weighted by Crippen LogP contribution is 2.16. The number of aromatic nitrogens is 2. The van der Waals surface area contributed by atoms with Crippen molar-refractivity contribution in [1.82, 2.24) is 9.97 Å². The fourth-order valence-corrected chi connectivity index (χ4v) is 3.35. The zero-order valence-electron chi connectivity index (χ0n) is 9.94. The monoisotopic (exact) mass is 228 g/mol. The van der Waals surface area contributed by atoms with Crippen LogP contribution in [0.4, 0.5) is 0 Å². The maximum Gasteiger partial charge on any atom is 0.0786 e. The Morgan fingerprint density at radius 3 is 2.44 bits per heavy atom. The average Bonchev–Trinajstić information content (AvgIpc) is 2.29. The normalized spacial score (nSPS) is 11.4. The van der Waals surface area contributed by atoms with Gasteiger partial charge in [-0.25, -0.2) is 0 Å². The number of nitrogens with zero attached hydrogens (tertiary/aromatic N) is 2. The van der Waals surface area contributed by atoms with Crippen molar-refractivity contribution in [2.24, 2.45) is 0 Å². The van der Waals surface area contributed by atoms with Crippen molar-refractivity contribution in [1.29, 1.82) is 0 Å². The molecular formula is C13H16N2Si. The van der Waals surface area contributed by atoms with E-state index in [-0.39, 0.29) is 0 Å². The van der Waals surface area contributed by atoms with Crippen molar-refractivity contribution >= 4 is 13.3 Å². The van der Waals surface area contributed by atoms with Crippen LogP contribution in [0.3, 0.4) is 0 Å². The lowest BCUT2D eigenvalue weighted by Gasteiger charge is -2.20. The highest BCUT2D eigenvalue weighted by molar-refractivity contribution is 6.89. The fraction of sp³-hybridized carbons (Fsp3) is 0.231. The Balaban J connectivity index is 2.58. The van der Waals surface area contributed by atoms with Gasteiger partial charge in [0.2, 0.25) is 0 Å². The summed E-state index contributed by atoms with van der Waals surface area (Å²) < 4.78 is 0. The van der Waals surface area contributed by atoms with E-state index in [4.69, 9.17) is 0 Å². The Kier molecular flexibility index (Phi) is 2.88. The van der Waals surface area contributed by atoms with Crippen molar-refractivity contribution in [3.63, 3.8) is 0 Å². The van der Waals surface area contributed by atoms with Crippen LogP contribution in [0.25, 0.3) is 11.3 Å². The summed E-state index contributed by atoms with van der Waals surface area (Å²) in [5.41, 5.74) is 2.20. The van der Waals surface area contributed by atoms with Gasteiger partial charge in [-0.2, -0.15) is 0 Å². The van der Waals surface area contributed by atoms with Gasteiger partial charge in [-0.15, -0.1) is 0 Å². The van der Waals surface area contributed by atoms with E-state index in [1.807, 2.05) is 36.8 Å². The van der Waals surface area contributed by atoms with Crippen LogP contribution in [0.5, 0.6) is 0 Å². The van der Waals surface area contributed by atoms with E-state index in [1.54, 1.807) is 0 Å². The minimum Gasteiger partial charge on any atom is -0.264 e. The molecule has 3 heteroatoms. The molecule has 0 radical (unpaired) electrons. The molecule has 0 saturated heterocycles. The smallest absolute Gasteiger partial charge is 0.0786 e. The number of hydrogen-bond acceptors (Lipinski definition) is 2. The highest BCUT2D eigenvalue weighted by Gasteiger charge is 2.20. The summed E-state index contributed by atoms with van der Waals surface area (Å²) in [5, 5.41) is 1.42. The quantitative estimate of drug-likeness (QED) is 0.739. The van der Waals surface area contributed by atoms with Crippen molar-refractivity contribution in [3.8, 4) is 11.3 Å². The molecule has 0 aliphatic carbocycles.